The van der Waals surface area contributed by atoms with Crippen LogP contribution in [0.5, 0.6) is 0 Å². The maximum Gasteiger partial charge on any atom is 0.0487 e. The molecule has 82 valence electrons. The SMILES string of the molecule is CCc1ccc(-c2ccc(C)cc2Cl)cc1. The van der Waals surface area contributed by atoms with Gasteiger partial charge in [-0.2, -0.15) is 0 Å². The van der Waals surface area contributed by atoms with E-state index in [1.54, 1.807) is 0 Å². The molecule has 0 heterocycles. The summed E-state index contributed by atoms with van der Waals surface area (Å²) < 4.78 is 0. The van der Waals surface area contributed by atoms with Crippen LogP contribution < -0.4 is 0 Å². The van der Waals surface area contributed by atoms with Crippen molar-refractivity contribution >= 4 is 11.6 Å². The standard InChI is InChI=1S/C15H15Cl/c1-3-12-5-7-13(8-6-12)14-9-4-11(2)10-15(14)16/h4-10H,3H2,1-2H3. The fraction of sp³-hybridized carbons (Fsp3) is 0.200. The molecule has 2 aromatic rings. The highest BCUT2D eigenvalue weighted by Gasteiger charge is 2.03. The lowest BCUT2D eigenvalue weighted by molar-refractivity contribution is 1.14. The molecule has 0 atom stereocenters. The van der Waals surface area contributed by atoms with Crippen LogP contribution in [0.4, 0.5) is 0 Å². The fourth-order valence-electron chi connectivity index (χ4n) is 1.77. The van der Waals surface area contributed by atoms with Crippen molar-refractivity contribution in [1.82, 2.24) is 0 Å². The van der Waals surface area contributed by atoms with Crippen LogP contribution in [0.2, 0.25) is 5.02 Å². The topological polar surface area (TPSA) is 0 Å². The molecule has 0 spiro atoms. The molecule has 0 saturated heterocycles. The Balaban J connectivity index is 2.42. The lowest BCUT2D eigenvalue weighted by atomic mass is 10.0. The Morgan fingerprint density at radius 1 is 1.00 bits per heavy atom. The van der Waals surface area contributed by atoms with Gasteiger partial charge < -0.3 is 0 Å². The summed E-state index contributed by atoms with van der Waals surface area (Å²) in [5.74, 6) is 0. The van der Waals surface area contributed by atoms with Crippen LogP contribution in [0, 0.1) is 6.92 Å². The van der Waals surface area contributed by atoms with Gasteiger partial charge in [0.15, 0.2) is 0 Å². The molecular formula is C15H15Cl. The highest BCUT2D eigenvalue weighted by molar-refractivity contribution is 6.33. The van der Waals surface area contributed by atoms with Gasteiger partial charge in [-0.15, -0.1) is 0 Å². The second-order valence-electron chi connectivity index (χ2n) is 4.03. The molecule has 0 aliphatic carbocycles. The van der Waals surface area contributed by atoms with Crippen molar-refractivity contribution in [2.24, 2.45) is 0 Å². The number of hydrogen-bond donors (Lipinski definition) is 0. The molecule has 0 aliphatic rings. The van der Waals surface area contributed by atoms with Gasteiger partial charge in [0.05, 0.1) is 0 Å². The van der Waals surface area contributed by atoms with Gasteiger partial charge in [-0.1, -0.05) is 54.9 Å². The second kappa shape index (κ2) is 4.71. The molecular weight excluding hydrogens is 216 g/mol. The first-order valence-corrected chi connectivity index (χ1v) is 5.94. The number of halogens is 1. The van der Waals surface area contributed by atoms with E-state index in [2.05, 4.69) is 50.2 Å². The van der Waals surface area contributed by atoms with Crippen LogP contribution in [0.1, 0.15) is 18.1 Å². The Labute approximate surface area is 102 Å². The van der Waals surface area contributed by atoms with E-state index in [4.69, 9.17) is 11.6 Å². The number of aryl methyl sites for hydroxylation is 2. The summed E-state index contributed by atoms with van der Waals surface area (Å²) in [6.07, 6.45) is 1.07. The van der Waals surface area contributed by atoms with E-state index in [1.807, 2.05) is 6.07 Å². The summed E-state index contributed by atoms with van der Waals surface area (Å²) in [7, 11) is 0. The summed E-state index contributed by atoms with van der Waals surface area (Å²) in [5.41, 5.74) is 4.84. The lowest BCUT2D eigenvalue weighted by Crippen LogP contribution is -1.83. The minimum atomic E-state index is 0.823. The zero-order valence-electron chi connectivity index (χ0n) is 9.63. The normalized spacial score (nSPS) is 10.4. The first-order chi connectivity index (χ1) is 7.70. The van der Waals surface area contributed by atoms with Crippen molar-refractivity contribution in [3.8, 4) is 11.1 Å². The van der Waals surface area contributed by atoms with Crippen LogP contribution in [0.3, 0.4) is 0 Å². The highest BCUT2D eigenvalue weighted by Crippen LogP contribution is 2.28. The third kappa shape index (κ3) is 2.28. The first-order valence-electron chi connectivity index (χ1n) is 5.56. The molecule has 0 amide bonds. The predicted octanol–water partition coefficient (Wildman–Crippen LogP) is 4.88. The van der Waals surface area contributed by atoms with Gasteiger partial charge in [-0.05, 0) is 36.1 Å². The van der Waals surface area contributed by atoms with Crippen molar-refractivity contribution in [1.29, 1.82) is 0 Å². The Bertz CT molecular complexity index is 483. The van der Waals surface area contributed by atoms with Gasteiger partial charge >= 0.3 is 0 Å². The van der Waals surface area contributed by atoms with E-state index in [0.29, 0.717) is 0 Å². The van der Waals surface area contributed by atoms with Crippen LogP contribution in [0.15, 0.2) is 42.5 Å². The average Bonchev–Trinajstić information content (AvgIpc) is 2.29. The fourth-order valence-corrected chi connectivity index (χ4v) is 2.12. The largest absolute Gasteiger partial charge is 0.0837 e. The number of benzene rings is 2. The second-order valence-corrected chi connectivity index (χ2v) is 4.44. The molecule has 0 aromatic heterocycles. The Kier molecular flexibility index (Phi) is 3.31. The Morgan fingerprint density at radius 3 is 2.25 bits per heavy atom. The molecule has 0 fully saturated rings. The van der Waals surface area contributed by atoms with E-state index in [1.165, 1.54) is 16.7 Å². The third-order valence-corrected chi connectivity index (χ3v) is 3.11. The van der Waals surface area contributed by atoms with Gasteiger partial charge in [0.2, 0.25) is 0 Å². The summed E-state index contributed by atoms with van der Waals surface area (Å²) in [6.45, 7) is 4.21. The Hall–Kier alpha value is -1.27. The van der Waals surface area contributed by atoms with E-state index in [9.17, 15) is 0 Å². The number of hydrogen-bond acceptors (Lipinski definition) is 0. The van der Waals surface area contributed by atoms with Crippen LogP contribution >= 0.6 is 11.6 Å². The molecule has 1 heteroatoms. The zero-order valence-corrected chi connectivity index (χ0v) is 10.4. The van der Waals surface area contributed by atoms with E-state index < -0.39 is 0 Å². The van der Waals surface area contributed by atoms with Gasteiger partial charge in [0.1, 0.15) is 0 Å². The Morgan fingerprint density at radius 2 is 1.69 bits per heavy atom. The van der Waals surface area contributed by atoms with Crippen molar-refractivity contribution in [3.63, 3.8) is 0 Å². The molecule has 0 radical (unpaired) electrons. The van der Waals surface area contributed by atoms with Crippen molar-refractivity contribution in [2.45, 2.75) is 20.3 Å². The summed E-state index contributed by atoms with van der Waals surface area (Å²) in [4.78, 5) is 0. The van der Waals surface area contributed by atoms with Crippen molar-refractivity contribution < 1.29 is 0 Å². The minimum Gasteiger partial charge on any atom is -0.0837 e. The molecule has 0 aliphatic heterocycles. The number of rotatable bonds is 2. The molecule has 0 saturated carbocycles. The highest BCUT2D eigenvalue weighted by atomic mass is 35.5. The van der Waals surface area contributed by atoms with Gasteiger partial charge in [0, 0.05) is 10.6 Å². The lowest BCUT2D eigenvalue weighted by Gasteiger charge is -2.06. The molecule has 2 rings (SSSR count). The third-order valence-electron chi connectivity index (χ3n) is 2.80. The molecule has 0 unspecified atom stereocenters. The zero-order chi connectivity index (χ0) is 11.5. The monoisotopic (exact) mass is 230 g/mol. The van der Waals surface area contributed by atoms with Crippen molar-refractivity contribution in [2.75, 3.05) is 0 Å². The summed E-state index contributed by atoms with van der Waals surface area (Å²) >= 11 is 6.24. The minimum absolute atomic E-state index is 0.823. The van der Waals surface area contributed by atoms with Gasteiger partial charge in [-0.25, -0.2) is 0 Å². The van der Waals surface area contributed by atoms with E-state index >= 15 is 0 Å². The van der Waals surface area contributed by atoms with E-state index in [-0.39, 0.29) is 0 Å². The summed E-state index contributed by atoms with van der Waals surface area (Å²) in [6, 6.07) is 14.8. The van der Waals surface area contributed by atoms with Crippen LogP contribution in [0.25, 0.3) is 11.1 Å². The molecule has 0 bridgehead atoms. The molecule has 16 heavy (non-hydrogen) atoms. The van der Waals surface area contributed by atoms with Crippen molar-refractivity contribution in [3.05, 3.63) is 58.6 Å². The van der Waals surface area contributed by atoms with Gasteiger partial charge in [0.25, 0.3) is 0 Å². The molecule has 2 aromatic carbocycles. The maximum atomic E-state index is 6.24. The smallest absolute Gasteiger partial charge is 0.0487 e. The average molecular weight is 231 g/mol. The maximum absolute atomic E-state index is 6.24. The molecule has 0 N–H and O–H groups in total. The van der Waals surface area contributed by atoms with Crippen LogP contribution in [-0.2, 0) is 6.42 Å². The van der Waals surface area contributed by atoms with Gasteiger partial charge in [-0.3, -0.25) is 0 Å². The first kappa shape index (κ1) is 11.2. The van der Waals surface area contributed by atoms with Crippen LogP contribution in [-0.4, -0.2) is 0 Å². The van der Waals surface area contributed by atoms with E-state index in [0.717, 1.165) is 17.0 Å². The molecule has 0 nitrogen and oxygen atoms in total. The summed E-state index contributed by atoms with van der Waals surface area (Å²) in [5, 5.41) is 0.823. The predicted molar refractivity (Wildman–Crippen MR) is 71.0 cm³/mol. The quantitative estimate of drug-likeness (QED) is 0.690.